The molecule has 8 nitrogen and oxygen atoms in total. The van der Waals surface area contributed by atoms with E-state index in [1.807, 2.05) is 37.3 Å². The van der Waals surface area contributed by atoms with Gasteiger partial charge in [-0.1, -0.05) is 84.5 Å². The molecule has 0 unspecified atom stereocenters. The smallest absolute Gasteiger partial charge is 0.244 e. The first-order chi connectivity index (χ1) is 20.0. The predicted molar refractivity (Wildman–Crippen MR) is 169 cm³/mol. The van der Waals surface area contributed by atoms with Crippen LogP contribution in [0.25, 0.3) is 0 Å². The topological polar surface area (TPSA) is 96.0 Å². The number of sulfonamides is 1. The predicted octanol–water partition coefficient (Wildman–Crippen LogP) is 5.98. The first kappa shape index (κ1) is 33.5. The van der Waals surface area contributed by atoms with Crippen LogP contribution < -0.4 is 14.4 Å². The molecule has 0 aromatic heterocycles. The van der Waals surface area contributed by atoms with E-state index in [1.54, 1.807) is 24.3 Å². The number of hydrogen-bond donors (Lipinski definition) is 1. The van der Waals surface area contributed by atoms with Crippen molar-refractivity contribution in [1.82, 2.24) is 10.2 Å². The lowest BCUT2D eigenvalue weighted by atomic mass is 10.0. The Morgan fingerprint density at radius 1 is 0.976 bits per heavy atom. The zero-order valence-electron chi connectivity index (χ0n) is 23.6. The Balaban J connectivity index is 2.12. The highest BCUT2D eigenvalue weighted by Crippen LogP contribution is 2.33. The molecule has 0 radical (unpaired) electrons. The van der Waals surface area contributed by atoms with Gasteiger partial charge in [-0.05, 0) is 42.3 Å². The molecule has 0 aliphatic heterocycles. The summed E-state index contributed by atoms with van der Waals surface area (Å²) in [6.07, 6.45) is 2.78. The Morgan fingerprint density at radius 2 is 1.64 bits per heavy atom. The average Bonchev–Trinajstić information content (AvgIpc) is 2.94. The first-order valence-corrected chi connectivity index (χ1v) is 16.3. The van der Waals surface area contributed by atoms with Crippen molar-refractivity contribution < 1.29 is 22.7 Å². The van der Waals surface area contributed by atoms with E-state index in [9.17, 15) is 18.0 Å². The van der Waals surface area contributed by atoms with E-state index in [1.165, 1.54) is 24.1 Å². The van der Waals surface area contributed by atoms with E-state index in [2.05, 4.69) is 5.32 Å². The van der Waals surface area contributed by atoms with Crippen LogP contribution in [0.5, 0.6) is 5.75 Å². The standard InChI is InChI=1S/C30H34Cl3N3O5S/c1-4-5-16-34-30(38)27(17-21-10-7-6-8-11-21)35(19-23-24(32)12-9-13-25(23)33)29(37)20-36(42(3,39)40)26-18-22(31)14-15-28(26)41-2/h6-15,18,27H,4-5,16-17,19-20H2,1-3H3,(H,34,38)/t27-/m1/s1. The molecule has 1 atom stereocenters. The molecule has 226 valence electrons. The summed E-state index contributed by atoms with van der Waals surface area (Å²) in [5.41, 5.74) is 1.33. The third-order valence-electron chi connectivity index (χ3n) is 6.58. The van der Waals surface area contributed by atoms with Crippen LogP contribution in [0.3, 0.4) is 0 Å². The Hall–Kier alpha value is -2.98. The summed E-state index contributed by atoms with van der Waals surface area (Å²) in [6, 6.07) is 17.7. The molecule has 12 heteroatoms. The van der Waals surface area contributed by atoms with Gasteiger partial charge < -0.3 is 15.0 Å². The lowest BCUT2D eigenvalue weighted by Gasteiger charge is -2.34. The average molecular weight is 655 g/mol. The highest BCUT2D eigenvalue weighted by Gasteiger charge is 2.34. The fourth-order valence-electron chi connectivity index (χ4n) is 4.37. The quantitative estimate of drug-likeness (QED) is 0.216. The Kier molecular flexibility index (Phi) is 12.4. The van der Waals surface area contributed by atoms with Crippen LogP contribution in [-0.2, 0) is 32.6 Å². The number of carbonyl (C=O) groups is 2. The Morgan fingerprint density at radius 3 is 2.24 bits per heavy atom. The largest absolute Gasteiger partial charge is 0.495 e. The normalized spacial score (nSPS) is 12.0. The molecule has 3 rings (SSSR count). The van der Waals surface area contributed by atoms with Crippen molar-refractivity contribution >= 4 is 62.3 Å². The fraction of sp³-hybridized carbons (Fsp3) is 0.333. The second-order valence-electron chi connectivity index (χ2n) is 9.66. The molecule has 1 N–H and O–H groups in total. The van der Waals surface area contributed by atoms with Crippen molar-refractivity contribution in [3.63, 3.8) is 0 Å². The summed E-state index contributed by atoms with van der Waals surface area (Å²) in [5.74, 6) is -0.823. The zero-order chi connectivity index (χ0) is 30.9. The summed E-state index contributed by atoms with van der Waals surface area (Å²) in [6.45, 7) is 1.66. The van der Waals surface area contributed by atoms with Gasteiger partial charge >= 0.3 is 0 Å². The van der Waals surface area contributed by atoms with Crippen molar-refractivity contribution in [1.29, 1.82) is 0 Å². The van der Waals surface area contributed by atoms with Gasteiger partial charge in [0, 0.05) is 40.1 Å². The number of ether oxygens (including phenoxy) is 1. The number of rotatable bonds is 14. The maximum atomic E-state index is 14.2. The van der Waals surface area contributed by atoms with Crippen molar-refractivity contribution in [2.75, 3.05) is 30.8 Å². The molecule has 3 aromatic rings. The maximum Gasteiger partial charge on any atom is 0.244 e. The van der Waals surface area contributed by atoms with Crippen LogP contribution in [0.15, 0.2) is 66.7 Å². The summed E-state index contributed by atoms with van der Waals surface area (Å²) >= 11 is 19.2. The molecule has 0 heterocycles. The van der Waals surface area contributed by atoms with Gasteiger partial charge in [0.1, 0.15) is 18.3 Å². The van der Waals surface area contributed by atoms with Crippen LogP contribution in [0.2, 0.25) is 15.1 Å². The van der Waals surface area contributed by atoms with Crippen molar-refractivity contribution in [3.8, 4) is 5.75 Å². The van der Waals surface area contributed by atoms with Crippen LogP contribution in [-0.4, -0.2) is 57.6 Å². The second kappa shape index (κ2) is 15.5. The lowest BCUT2D eigenvalue weighted by molar-refractivity contribution is -0.140. The molecule has 42 heavy (non-hydrogen) atoms. The molecule has 0 saturated heterocycles. The second-order valence-corrected chi connectivity index (χ2v) is 12.8. The van der Waals surface area contributed by atoms with E-state index in [0.717, 1.165) is 29.0 Å². The van der Waals surface area contributed by atoms with Gasteiger partial charge in [0.05, 0.1) is 19.1 Å². The first-order valence-electron chi connectivity index (χ1n) is 13.3. The summed E-state index contributed by atoms with van der Waals surface area (Å²) in [7, 11) is -2.63. The number of hydrogen-bond acceptors (Lipinski definition) is 5. The summed E-state index contributed by atoms with van der Waals surface area (Å²) < 4.78 is 32.4. The summed E-state index contributed by atoms with van der Waals surface area (Å²) in [4.78, 5) is 29.2. The highest BCUT2D eigenvalue weighted by molar-refractivity contribution is 7.92. The van der Waals surface area contributed by atoms with E-state index >= 15 is 0 Å². The van der Waals surface area contributed by atoms with Gasteiger partial charge in [0.15, 0.2) is 0 Å². The monoisotopic (exact) mass is 653 g/mol. The van der Waals surface area contributed by atoms with Crippen molar-refractivity contribution in [2.45, 2.75) is 38.8 Å². The number of unbranched alkanes of at least 4 members (excludes halogenated alkanes) is 1. The minimum absolute atomic E-state index is 0.0867. The van der Waals surface area contributed by atoms with Crippen molar-refractivity contribution in [2.24, 2.45) is 0 Å². The molecule has 0 aliphatic rings. The number of anilines is 1. The van der Waals surface area contributed by atoms with Gasteiger partial charge in [-0.25, -0.2) is 8.42 Å². The maximum absolute atomic E-state index is 14.2. The number of nitrogens with one attached hydrogen (secondary N) is 1. The number of halogens is 3. The molecular formula is C30H34Cl3N3O5S. The van der Waals surface area contributed by atoms with Gasteiger partial charge in [-0.2, -0.15) is 0 Å². The van der Waals surface area contributed by atoms with Crippen LogP contribution >= 0.6 is 34.8 Å². The van der Waals surface area contributed by atoms with Crippen LogP contribution in [0.4, 0.5) is 5.69 Å². The third kappa shape index (κ3) is 9.01. The van der Waals surface area contributed by atoms with Crippen LogP contribution in [0, 0.1) is 0 Å². The molecule has 2 amide bonds. The molecular weight excluding hydrogens is 621 g/mol. The number of carbonyl (C=O) groups excluding carboxylic acids is 2. The Labute approximate surface area is 262 Å². The number of benzene rings is 3. The number of nitrogens with zero attached hydrogens (tertiary/aromatic N) is 2. The molecule has 0 aliphatic carbocycles. The molecule has 3 aromatic carbocycles. The minimum Gasteiger partial charge on any atom is -0.495 e. The molecule has 0 bridgehead atoms. The Bertz CT molecular complexity index is 1470. The zero-order valence-corrected chi connectivity index (χ0v) is 26.7. The van der Waals surface area contributed by atoms with E-state index in [-0.39, 0.29) is 35.3 Å². The van der Waals surface area contributed by atoms with E-state index < -0.39 is 28.5 Å². The van der Waals surface area contributed by atoms with Gasteiger partial charge in [0.25, 0.3) is 0 Å². The highest BCUT2D eigenvalue weighted by atomic mass is 35.5. The van der Waals surface area contributed by atoms with Gasteiger partial charge in [-0.3, -0.25) is 13.9 Å². The number of methoxy groups -OCH3 is 1. The van der Waals surface area contributed by atoms with Crippen LogP contribution in [0.1, 0.15) is 30.9 Å². The minimum atomic E-state index is -4.01. The van der Waals surface area contributed by atoms with Crippen molar-refractivity contribution in [3.05, 3.63) is 92.9 Å². The number of amides is 2. The molecule has 0 spiro atoms. The van der Waals surface area contributed by atoms with Gasteiger partial charge in [0.2, 0.25) is 21.8 Å². The molecule has 0 saturated carbocycles. The molecule has 0 fully saturated rings. The van der Waals surface area contributed by atoms with Gasteiger partial charge in [-0.15, -0.1) is 0 Å². The fourth-order valence-corrected chi connectivity index (χ4v) is 5.89. The van der Waals surface area contributed by atoms with E-state index in [4.69, 9.17) is 39.5 Å². The lowest BCUT2D eigenvalue weighted by Crippen LogP contribution is -2.53. The summed E-state index contributed by atoms with van der Waals surface area (Å²) in [5, 5.41) is 3.79. The van der Waals surface area contributed by atoms with E-state index in [0.29, 0.717) is 22.2 Å². The third-order valence-corrected chi connectivity index (χ3v) is 8.65. The SMILES string of the molecule is CCCCNC(=O)[C@@H](Cc1ccccc1)N(Cc1c(Cl)cccc1Cl)C(=O)CN(c1cc(Cl)ccc1OC)S(C)(=O)=O.